The van der Waals surface area contributed by atoms with Crippen LogP contribution >= 0.6 is 0 Å². The molecule has 1 saturated heterocycles. The van der Waals surface area contributed by atoms with Crippen LogP contribution < -0.4 is 0 Å². The van der Waals surface area contributed by atoms with Crippen LogP contribution in [0.2, 0.25) is 0 Å². The number of nitriles is 1. The van der Waals surface area contributed by atoms with Crippen molar-refractivity contribution in [1.29, 1.82) is 5.26 Å². The monoisotopic (exact) mass is 241 g/mol. The number of fused-ring (bicyclic) bond motifs is 1. The average Bonchev–Trinajstić information content (AvgIpc) is 2.94. The summed E-state index contributed by atoms with van der Waals surface area (Å²) in [5.74, 6) is 0.962. The van der Waals surface area contributed by atoms with Crippen molar-refractivity contribution in [3.05, 3.63) is 29.6 Å². The van der Waals surface area contributed by atoms with Gasteiger partial charge in [0.2, 0.25) is 0 Å². The van der Waals surface area contributed by atoms with Gasteiger partial charge in [0, 0.05) is 7.05 Å². The SMILES string of the molecule is CC1CCC(c2nc3ccc(C#N)cc3n2C)O1. The standard InChI is InChI=1S/C14H15N3O/c1-9-3-6-13(18-9)14-16-11-5-4-10(8-15)7-12(11)17(14)2/h4-5,7,9,13H,3,6H2,1-2H3. The number of hydrogen-bond donors (Lipinski definition) is 0. The van der Waals surface area contributed by atoms with Crippen molar-refractivity contribution in [2.45, 2.75) is 32.0 Å². The fourth-order valence-electron chi connectivity index (χ4n) is 2.56. The van der Waals surface area contributed by atoms with Gasteiger partial charge in [0.05, 0.1) is 28.8 Å². The molecule has 0 spiro atoms. The van der Waals surface area contributed by atoms with Gasteiger partial charge in [-0.15, -0.1) is 0 Å². The van der Waals surface area contributed by atoms with Crippen LogP contribution in [-0.4, -0.2) is 15.7 Å². The summed E-state index contributed by atoms with van der Waals surface area (Å²) < 4.78 is 7.91. The Morgan fingerprint density at radius 1 is 1.44 bits per heavy atom. The molecule has 1 aromatic heterocycles. The van der Waals surface area contributed by atoms with E-state index < -0.39 is 0 Å². The number of nitrogens with zero attached hydrogens (tertiary/aromatic N) is 3. The van der Waals surface area contributed by atoms with Gasteiger partial charge in [-0.1, -0.05) is 0 Å². The topological polar surface area (TPSA) is 50.8 Å². The van der Waals surface area contributed by atoms with Crippen LogP contribution in [0.3, 0.4) is 0 Å². The van der Waals surface area contributed by atoms with E-state index >= 15 is 0 Å². The van der Waals surface area contributed by atoms with Crippen molar-refractivity contribution in [2.75, 3.05) is 0 Å². The first-order chi connectivity index (χ1) is 8.69. The maximum Gasteiger partial charge on any atom is 0.138 e. The molecule has 1 aliphatic heterocycles. The molecule has 2 heterocycles. The lowest BCUT2D eigenvalue weighted by Gasteiger charge is -2.10. The highest BCUT2D eigenvalue weighted by Crippen LogP contribution is 2.33. The lowest BCUT2D eigenvalue weighted by atomic mass is 10.2. The van der Waals surface area contributed by atoms with Crippen molar-refractivity contribution in [2.24, 2.45) is 7.05 Å². The first kappa shape index (κ1) is 11.2. The maximum absolute atomic E-state index is 8.94. The van der Waals surface area contributed by atoms with Crippen molar-refractivity contribution in [3.63, 3.8) is 0 Å². The van der Waals surface area contributed by atoms with E-state index in [4.69, 9.17) is 10.00 Å². The van der Waals surface area contributed by atoms with Gasteiger partial charge >= 0.3 is 0 Å². The third-order valence-corrected chi connectivity index (χ3v) is 3.56. The molecule has 2 aromatic rings. The van der Waals surface area contributed by atoms with Crippen LogP contribution in [0.15, 0.2) is 18.2 Å². The predicted molar refractivity (Wildman–Crippen MR) is 68.0 cm³/mol. The van der Waals surface area contributed by atoms with Crippen LogP contribution in [0.25, 0.3) is 11.0 Å². The number of benzene rings is 1. The third-order valence-electron chi connectivity index (χ3n) is 3.56. The van der Waals surface area contributed by atoms with E-state index in [0.717, 1.165) is 29.7 Å². The lowest BCUT2D eigenvalue weighted by Crippen LogP contribution is -2.06. The molecule has 1 aromatic carbocycles. The molecule has 0 aliphatic carbocycles. The minimum absolute atomic E-state index is 0.0861. The van der Waals surface area contributed by atoms with E-state index in [2.05, 4.69) is 18.0 Å². The molecular weight excluding hydrogens is 226 g/mol. The lowest BCUT2D eigenvalue weighted by molar-refractivity contribution is 0.0490. The summed E-state index contributed by atoms with van der Waals surface area (Å²) in [5.41, 5.74) is 2.58. The summed E-state index contributed by atoms with van der Waals surface area (Å²) in [6.07, 6.45) is 2.49. The number of imidazole rings is 1. The van der Waals surface area contributed by atoms with Crippen molar-refractivity contribution in [1.82, 2.24) is 9.55 Å². The van der Waals surface area contributed by atoms with Crippen LogP contribution in [-0.2, 0) is 11.8 Å². The second kappa shape index (κ2) is 4.11. The number of ether oxygens (including phenoxy) is 1. The van der Waals surface area contributed by atoms with Gasteiger partial charge < -0.3 is 9.30 Å². The van der Waals surface area contributed by atoms with Crippen LogP contribution in [0.1, 0.15) is 37.3 Å². The maximum atomic E-state index is 8.94. The van der Waals surface area contributed by atoms with Gasteiger partial charge in [-0.05, 0) is 38.0 Å². The van der Waals surface area contributed by atoms with Crippen molar-refractivity contribution >= 4 is 11.0 Å². The second-order valence-electron chi connectivity index (χ2n) is 4.86. The zero-order chi connectivity index (χ0) is 12.7. The highest BCUT2D eigenvalue weighted by atomic mass is 16.5. The Balaban J connectivity index is 2.09. The molecule has 0 bridgehead atoms. The molecule has 2 unspecified atom stereocenters. The molecule has 0 radical (unpaired) electrons. The highest BCUT2D eigenvalue weighted by Gasteiger charge is 2.27. The van der Waals surface area contributed by atoms with E-state index in [0.29, 0.717) is 11.7 Å². The Labute approximate surface area is 106 Å². The summed E-state index contributed by atoms with van der Waals surface area (Å²) in [7, 11) is 1.98. The molecule has 92 valence electrons. The zero-order valence-electron chi connectivity index (χ0n) is 10.6. The van der Waals surface area contributed by atoms with E-state index in [-0.39, 0.29) is 6.10 Å². The molecule has 0 amide bonds. The summed E-state index contributed by atoms with van der Waals surface area (Å²) in [4.78, 5) is 4.63. The van der Waals surface area contributed by atoms with E-state index in [1.807, 2.05) is 23.7 Å². The molecule has 2 atom stereocenters. The Hall–Kier alpha value is -1.86. The fraction of sp³-hybridized carbons (Fsp3) is 0.429. The Bertz CT molecular complexity index is 638. The highest BCUT2D eigenvalue weighted by molar-refractivity contribution is 5.77. The van der Waals surface area contributed by atoms with Gasteiger partial charge in [-0.3, -0.25) is 0 Å². The van der Waals surface area contributed by atoms with Gasteiger partial charge in [-0.2, -0.15) is 5.26 Å². The molecule has 18 heavy (non-hydrogen) atoms. The van der Waals surface area contributed by atoms with Gasteiger partial charge in [0.15, 0.2) is 0 Å². The number of aromatic nitrogens is 2. The van der Waals surface area contributed by atoms with Crippen LogP contribution in [0.5, 0.6) is 0 Å². The number of hydrogen-bond acceptors (Lipinski definition) is 3. The van der Waals surface area contributed by atoms with Crippen molar-refractivity contribution in [3.8, 4) is 6.07 Å². The first-order valence-electron chi connectivity index (χ1n) is 6.21. The normalized spacial score (nSPS) is 23.4. The molecule has 3 rings (SSSR count). The Morgan fingerprint density at radius 3 is 2.94 bits per heavy atom. The smallest absolute Gasteiger partial charge is 0.138 e. The number of aryl methyl sites for hydroxylation is 1. The zero-order valence-corrected chi connectivity index (χ0v) is 10.6. The quantitative estimate of drug-likeness (QED) is 0.771. The summed E-state index contributed by atoms with van der Waals surface area (Å²) in [6, 6.07) is 7.74. The Morgan fingerprint density at radius 2 is 2.28 bits per heavy atom. The molecule has 1 fully saturated rings. The first-order valence-corrected chi connectivity index (χ1v) is 6.21. The largest absolute Gasteiger partial charge is 0.367 e. The van der Waals surface area contributed by atoms with Gasteiger partial charge in [-0.25, -0.2) is 4.98 Å². The molecule has 0 N–H and O–H groups in total. The van der Waals surface area contributed by atoms with E-state index in [9.17, 15) is 0 Å². The molecular formula is C14H15N3O. The predicted octanol–water partition coefficient (Wildman–Crippen LogP) is 2.68. The summed E-state index contributed by atoms with van der Waals surface area (Å²) >= 11 is 0. The van der Waals surface area contributed by atoms with Crippen LogP contribution in [0.4, 0.5) is 0 Å². The summed E-state index contributed by atoms with van der Waals surface area (Å²) in [5, 5.41) is 8.94. The van der Waals surface area contributed by atoms with Gasteiger partial charge in [0.1, 0.15) is 11.9 Å². The average molecular weight is 241 g/mol. The van der Waals surface area contributed by atoms with E-state index in [1.165, 1.54) is 0 Å². The minimum atomic E-state index is 0.0861. The molecule has 1 aliphatic rings. The molecule has 4 nitrogen and oxygen atoms in total. The third kappa shape index (κ3) is 1.68. The van der Waals surface area contributed by atoms with Gasteiger partial charge in [0.25, 0.3) is 0 Å². The second-order valence-corrected chi connectivity index (χ2v) is 4.86. The molecule has 0 saturated carbocycles. The van der Waals surface area contributed by atoms with Crippen molar-refractivity contribution < 1.29 is 4.74 Å². The van der Waals surface area contributed by atoms with Crippen LogP contribution in [0, 0.1) is 11.3 Å². The summed E-state index contributed by atoms with van der Waals surface area (Å²) in [6.45, 7) is 2.09. The fourth-order valence-corrected chi connectivity index (χ4v) is 2.56. The van der Waals surface area contributed by atoms with E-state index in [1.54, 1.807) is 6.07 Å². The molecule has 4 heteroatoms. The Kier molecular flexibility index (Phi) is 2.57. The minimum Gasteiger partial charge on any atom is -0.367 e. The number of rotatable bonds is 1.